The number of hydrogen-bond acceptors (Lipinski definition) is 2. The van der Waals surface area contributed by atoms with E-state index in [1.807, 2.05) is 0 Å². The lowest BCUT2D eigenvalue weighted by molar-refractivity contribution is 0.101. The van der Waals surface area contributed by atoms with Gasteiger partial charge in [0.1, 0.15) is 11.6 Å². The normalized spacial score (nSPS) is 16.6. The minimum atomic E-state index is -0.572. The van der Waals surface area contributed by atoms with Crippen molar-refractivity contribution in [3.63, 3.8) is 0 Å². The molecule has 1 aliphatic rings. The molecule has 0 amide bonds. The number of rotatable bonds is 3. The number of ketones is 1. The molecule has 1 aliphatic carbocycles. The molecule has 0 N–H and O–H groups in total. The molecular formula is C14H16ClFO2. The fraction of sp³-hybridized carbons (Fsp3) is 0.500. The van der Waals surface area contributed by atoms with Gasteiger partial charge in [0.25, 0.3) is 0 Å². The third kappa shape index (κ3) is 3.02. The van der Waals surface area contributed by atoms with E-state index < -0.39 is 5.82 Å². The monoisotopic (exact) mass is 270 g/mol. The van der Waals surface area contributed by atoms with Crippen molar-refractivity contribution in [2.45, 2.75) is 45.1 Å². The van der Waals surface area contributed by atoms with Gasteiger partial charge in [0.15, 0.2) is 5.78 Å². The summed E-state index contributed by atoms with van der Waals surface area (Å²) in [6, 6.07) is 2.56. The van der Waals surface area contributed by atoms with E-state index in [-0.39, 0.29) is 17.5 Å². The van der Waals surface area contributed by atoms with Crippen LogP contribution in [0.5, 0.6) is 5.75 Å². The highest BCUT2D eigenvalue weighted by Gasteiger charge is 2.18. The highest BCUT2D eigenvalue weighted by atomic mass is 35.5. The maximum absolute atomic E-state index is 13.7. The molecule has 0 heterocycles. The van der Waals surface area contributed by atoms with Gasteiger partial charge in [-0.1, -0.05) is 18.0 Å². The Morgan fingerprint density at radius 1 is 1.33 bits per heavy atom. The molecule has 0 aliphatic heterocycles. The summed E-state index contributed by atoms with van der Waals surface area (Å²) in [4.78, 5) is 11.2. The highest BCUT2D eigenvalue weighted by molar-refractivity contribution is 6.32. The Kier molecular flexibility index (Phi) is 4.23. The predicted molar refractivity (Wildman–Crippen MR) is 68.9 cm³/mol. The molecule has 0 unspecified atom stereocenters. The highest BCUT2D eigenvalue weighted by Crippen LogP contribution is 2.31. The molecule has 1 saturated carbocycles. The van der Waals surface area contributed by atoms with Gasteiger partial charge in [-0.15, -0.1) is 0 Å². The minimum Gasteiger partial charge on any atom is -0.489 e. The lowest BCUT2D eigenvalue weighted by atomic mass is 9.98. The van der Waals surface area contributed by atoms with Crippen molar-refractivity contribution >= 4 is 17.4 Å². The molecule has 0 bridgehead atoms. The summed E-state index contributed by atoms with van der Waals surface area (Å²) in [7, 11) is 0. The number of carbonyl (C=O) groups is 1. The molecule has 0 radical (unpaired) electrons. The molecule has 0 spiro atoms. The first-order valence-corrected chi connectivity index (χ1v) is 6.62. The number of benzene rings is 1. The van der Waals surface area contributed by atoms with Crippen LogP contribution in [-0.4, -0.2) is 11.9 Å². The first-order chi connectivity index (χ1) is 8.58. The van der Waals surface area contributed by atoms with E-state index in [1.165, 1.54) is 25.5 Å². The molecule has 4 heteroatoms. The van der Waals surface area contributed by atoms with Gasteiger partial charge in [-0.2, -0.15) is 0 Å². The lowest BCUT2D eigenvalue weighted by Gasteiger charge is -2.23. The molecule has 98 valence electrons. The van der Waals surface area contributed by atoms with Crippen LogP contribution in [0.1, 0.15) is 49.4 Å². The summed E-state index contributed by atoms with van der Waals surface area (Å²) in [6.07, 6.45) is 5.57. The van der Waals surface area contributed by atoms with E-state index in [9.17, 15) is 9.18 Å². The number of halogens is 2. The van der Waals surface area contributed by atoms with Crippen LogP contribution in [0.4, 0.5) is 4.39 Å². The topological polar surface area (TPSA) is 26.3 Å². The summed E-state index contributed by atoms with van der Waals surface area (Å²) >= 11 is 6.02. The average molecular weight is 271 g/mol. The molecule has 2 nitrogen and oxygen atoms in total. The molecule has 2 rings (SSSR count). The van der Waals surface area contributed by atoms with Crippen LogP contribution in [0.3, 0.4) is 0 Å². The Labute approximate surface area is 111 Å². The van der Waals surface area contributed by atoms with Crippen LogP contribution in [0, 0.1) is 5.82 Å². The van der Waals surface area contributed by atoms with Crippen LogP contribution in [0.15, 0.2) is 12.1 Å². The number of hydrogen-bond donors (Lipinski definition) is 0. The summed E-state index contributed by atoms with van der Waals surface area (Å²) in [6.45, 7) is 1.32. The molecule has 0 atom stereocenters. The second-order valence-electron chi connectivity index (χ2n) is 4.70. The molecule has 1 aromatic carbocycles. The van der Waals surface area contributed by atoms with Crippen molar-refractivity contribution < 1.29 is 13.9 Å². The maximum atomic E-state index is 13.7. The molecule has 18 heavy (non-hydrogen) atoms. The van der Waals surface area contributed by atoms with Crippen molar-refractivity contribution in [2.75, 3.05) is 0 Å². The SMILES string of the molecule is CC(=O)c1cc(Cl)c(OC2CCCCC2)cc1F. The number of carbonyl (C=O) groups excluding carboxylic acids is 1. The van der Waals surface area contributed by atoms with Crippen LogP contribution in [0.2, 0.25) is 5.02 Å². The Hall–Kier alpha value is -1.09. The standard InChI is InChI=1S/C14H16ClFO2/c1-9(17)11-7-12(15)14(8-13(11)16)18-10-5-3-2-4-6-10/h7-8,10H,2-6H2,1H3. The van der Waals surface area contributed by atoms with Gasteiger partial charge in [-0.05, 0) is 38.7 Å². The van der Waals surface area contributed by atoms with Crippen LogP contribution in [0.25, 0.3) is 0 Å². The van der Waals surface area contributed by atoms with E-state index in [1.54, 1.807) is 0 Å². The summed E-state index contributed by atoms with van der Waals surface area (Å²) in [5.74, 6) is -0.567. The van der Waals surface area contributed by atoms with E-state index in [0.717, 1.165) is 25.7 Å². The summed E-state index contributed by atoms with van der Waals surface area (Å²) < 4.78 is 19.4. The van der Waals surface area contributed by atoms with Crippen LogP contribution in [-0.2, 0) is 0 Å². The Morgan fingerprint density at radius 2 is 2.00 bits per heavy atom. The zero-order valence-corrected chi connectivity index (χ0v) is 11.1. The second-order valence-corrected chi connectivity index (χ2v) is 5.10. The first kappa shape index (κ1) is 13.3. The first-order valence-electron chi connectivity index (χ1n) is 6.24. The van der Waals surface area contributed by atoms with Crippen molar-refractivity contribution in [2.24, 2.45) is 0 Å². The second kappa shape index (κ2) is 5.70. The third-order valence-electron chi connectivity index (χ3n) is 3.25. The third-order valence-corrected chi connectivity index (χ3v) is 3.54. The van der Waals surface area contributed by atoms with Gasteiger partial charge in [0.2, 0.25) is 0 Å². The fourth-order valence-electron chi connectivity index (χ4n) is 2.25. The zero-order chi connectivity index (χ0) is 13.1. The van der Waals surface area contributed by atoms with Crippen molar-refractivity contribution in [1.29, 1.82) is 0 Å². The van der Waals surface area contributed by atoms with Gasteiger partial charge < -0.3 is 4.74 Å². The smallest absolute Gasteiger partial charge is 0.162 e. The van der Waals surface area contributed by atoms with E-state index in [0.29, 0.717) is 10.8 Å². The minimum absolute atomic E-state index is 0.0102. The van der Waals surface area contributed by atoms with Gasteiger partial charge in [-0.3, -0.25) is 4.79 Å². The quantitative estimate of drug-likeness (QED) is 0.761. The van der Waals surface area contributed by atoms with Gasteiger partial charge in [0.05, 0.1) is 16.7 Å². The van der Waals surface area contributed by atoms with Crippen LogP contribution >= 0.6 is 11.6 Å². The zero-order valence-electron chi connectivity index (χ0n) is 10.3. The van der Waals surface area contributed by atoms with E-state index in [4.69, 9.17) is 16.3 Å². The molecule has 1 fully saturated rings. The largest absolute Gasteiger partial charge is 0.489 e. The van der Waals surface area contributed by atoms with Crippen molar-refractivity contribution in [3.8, 4) is 5.75 Å². The molecule has 0 aromatic heterocycles. The summed E-state index contributed by atoms with van der Waals surface area (Å²) in [5, 5.41) is 0.298. The van der Waals surface area contributed by atoms with Crippen molar-refractivity contribution in [3.05, 3.63) is 28.5 Å². The Morgan fingerprint density at radius 3 is 2.61 bits per heavy atom. The average Bonchev–Trinajstić information content (AvgIpc) is 2.34. The number of Topliss-reactive ketones (excluding diaryl/α,β-unsaturated/α-hetero) is 1. The predicted octanol–water partition coefficient (Wildman–Crippen LogP) is 4.39. The Balaban J connectivity index is 2.18. The summed E-state index contributed by atoms with van der Waals surface area (Å²) in [5.41, 5.74) is 0.0102. The van der Waals surface area contributed by atoms with Crippen LogP contribution < -0.4 is 4.74 Å². The fourth-order valence-corrected chi connectivity index (χ4v) is 2.46. The lowest BCUT2D eigenvalue weighted by Crippen LogP contribution is -2.20. The molecular weight excluding hydrogens is 255 g/mol. The van der Waals surface area contributed by atoms with Crippen molar-refractivity contribution in [1.82, 2.24) is 0 Å². The Bertz CT molecular complexity index is 453. The molecule has 1 aromatic rings. The molecule has 0 saturated heterocycles. The van der Waals surface area contributed by atoms with E-state index in [2.05, 4.69) is 0 Å². The van der Waals surface area contributed by atoms with Gasteiger partial charge >= 0.3 is 0 Å². The van der Waals surface area contributed by atoms with Gasteiger partial charge in [-0.25, -0.2) is 4.39 Å². The maximum Gasteiger partial charge on any atom is 0.162 e. The van der Waals surface area contributed by atoms with E-state index >= 15 is 0 Å². The number of ether oxygens (including phenoxy) is 1. The van der Waals surface area contributed by atoms with Gasteiger partial charge in [0, 0.05) is 6.07 Å².